The van der Waals surface area contributed by atoms with Crippen molar-refractivity contribution >= 4 is 46.3 Å². The molecule has 1 aliphatic heterocycles. The number of carbonyl (C=O) groups excluding carboxylic acids is 2. The predicted octanol–water partition coefficient (Wildman–Crippen LogP) is 5.76. The molecular weight excluding hydrogens is 428 g/mol. The van der Waals surface area contributed by atoms with Gasteiger partial charge >= 0.3 is 0 Å². The number of anilines is 1. The molecule has 1 heterocycles. The van der Waals surface area contributed by atoms with E-state index >= 15 is 0 Å². The molecule has 0 spiro atoms. The van der Waals surface area contributed by atoms with Crippen LogP contribution in [0.3, 0.4) is 0 Å². The summed E-state index contributed by atoms with van der Waals surface area (Å²) in [5.41, 5.74) is 1.01. The third-order valence-electron chi connectivity index (χ3n) is 4.80. The van der Waals surface area contributed by atoms with Crippen LogP contribution in [0.5, 0.6) is 0 Å². The van der Waals surface area contributed by atoms with E-state index in [1.165, 1.54) is 47.4 Å². The molecule has 0 aromatic heterocycles. The van der Waals surface area contributed by atoms with Gasteiger partial charge in [-0.15, -0.1) is 0 Å². The second-order valence-corrected chi connectivity index (χ2v) is 7.59. The highest BCUT2D eigenvalue weighted by Crippen LogP contribution is 2.43. The molecule has 30 heavy (non-hydrogen) atoms. The Bertz CT molecular complexity index is 1160. The maximum Gasteiger partial charge on any atom is 0.300 e. The molecule has 1 fully saturated rings. The van der Waals surface area contributed by atoms with Gasteiger partial charge in [-0.2, -0.15) is 0 Å². The van der Waals surface area contributed by atoms with Gasteiger partial charge in [0.2, 0.25) is 0 Å². The van der Waals surface area contributed by atoms with Crippen molar-refractivity contribution in [3.05, 3.63) is 105 Å². The average molecular weight is 442 g/mol. The van der Waals surface area contributed by atoms with E-state index in [4.69, 9.17) is 23.2 Å². The molecule has 3 aromatic rings. The first-order chi connectivity index (χ1) is 14.4. The summed E-state index contributed by atoms with van der Waals surface area (Å²) >= 11 is 12.2. The SMILES string of the molecule is O=C1C(=O)N(c2cc(Cl)cc(Cl)c2)C(c2ccc(F)cc2)/C1=C(\O)c1ccccc1. The molecule has 0 saturated carbocycles. The van der Waals surface area contributed by atoms with Crippen LogP contribution >= 0.6 is 23.2 Å². The Labute approximate surface area is 181 Å². The molecule has 4 rings (SSSR count). The van der Waals surface area contributed by atoms with Crippen LogP contribution in [-0.2, 0) is 9.59 Å². The van der Waals surface area contributed by atoms with Crippen molar-refractivity contribution in [3.8, 4) is 0 Å². The molecule has 0 bridgehead atoms. The first-order valence-corrected chi connectivity index (χ1v) is 9.70. The molecule has 1 amide bonds. The molecule has 0 radical (unpaired) electrons. The van der Waals surface area contributed by atoms with Crippen molar-refractivity contribution in [1.82, 2.24) is 0 Å². The van der Waals surface area contributed by atoms with Gasteiger partial charge in [0.1, 0.15) is 11.6 Å². The summed E-state index contributed by atoms with van der Waals surface area (Å²) in [5, 5.41) is 11.5. The minimum absolute atomic E-state index is 0.103. The Morgan fingerprint density at radius 2 is 1.50 bits per heavy atom. The molecule has 7 heteroatoms. The van der Waals surface area contributed by atoms with E-state index in [1.54, 1.807) is 30.3 Å². The molecule has 0 aliphatic carbocycles. The summed E-state index contributed by atoms with van der Waals surface area (Å²) in [6.07, 6.45) is 0. The van der Waals surface area contributed by atoms with Crippen molar-refractivity contribution in [1.29, 1.82) is 0 Å². The van der Waals surface area contributed by atoms with Crippen molar-refractivity contribution in [2.45, 2.75) is 6.04 Å². The first kappa shape index (κ1) is 20.1. The monoisotopic (exact) mass is 441 g/mol. The largest absolute Gasteiger partial charge is 0.507 e. The number of ketones is 1. The maximum atomic E-state index is 13.5. The standard InChI is InChI=1S/C23H14Cl2FNO3/c24-15-10-16(25)12-18(11-15)27-20(13-6-8-17(26)9-7-13)19(22(29)23(27)30)21(28)14-4-2-1-3-5-14/h1-12,20,28H/b21-19+. The molecule has 1 N–H and O–H groups in total. The van der Waals surface area contributed by atoms with Gasteiger partial charge in [-0.05, 0) is 35.9 Å². The zero-order valence-electron chi connectivity index (χ0n) is 15.4. The molecule has 1 unspecified atom stereocenters. The fourth-order valence-corrected chi connectivity index (χ4v) is 4.00. The van der Waals surface area contributed by atoms with Crippen molar-refractivity contribution in [3.63, 3.8) is 0 Å². The van der Waals surface area contributed by atoms with E-state index in [0.29, 0.717) is 11.1 Å². The maximum absolute atomic E-state index is 13.5. The van der Waals surface area contributed by atoms with Crippen LogP contribution in [0, 0.1) is 5.82 Å². The number of rotatable bonds is 3. The lowest BCUT2D eigenvalue weighted by Gasteiger charge is -2.25. The van der Waals surface area contributed by atoms with Gasteiger partial charge in [-0.3, -0.25) is 14.5 Å². The molecule has 4 nitrogen and oxygen atoms in total. The summed E-state index contributed by atoms with van der Waals surface area (Å²) in [6.45, 7) is 0. The normalized spacial score (nSPS) is 18.1. The number of amides is 1. The van der Waals surface area contributed by atoms with Gasteiger partial charge in [0, 0.05) is 21.3 Å². The van der Waals surface area contributed by atoms with Crippen LogP contribution in [0.15, 0.2) is 78.4 Å². The van der Waals surface area contributed by atoms with Gasteiger partial charge in [-0.1, -0.05) is 65.7 Å². The smallest absolute Gasteiger partial charge is 0.300 e. The Kier molecular flexibility index (Phi) is 5.33. The lowest BCUT2D eigenvalue weighted by atomic mass is 9.95. The number of hydrogen-bond donors (Lipinski definition) is 1. The third-order valence-corrected chi connectivity index (χ3v) is 5.24. The van der Waals surface area contributed by atoms with Crippen LogP contribution < -0.4 is 4.90 Å². The van der Waals surface area contributed by atoms with Crippen molar-refractivity contribution in [2.24, 2.45) is 0 Å². The van der Waals surface area contributed by atoms with E-state index in [0.717, 1.165) is 0 Å². The molecule has 150 valence electrons. The summed E-state index contributed by atoms with van der Waals surface area (Å²) in [4.78, 5) is 27.2. The highest BCUT2D eigenvalue weighted by atomic mass is 35.5. The van der Waals surface area contributed by atoms with E-state index in [-0.39, 0.29) is 27.1 Å². The van der Waals surface area contributed by atoms with Crippen molar-refractivity contribution in [2.75, 3.05) is 4.90 Å². The Morgan fingerprint density at radius 3 is 2.10 bits per heavy atom. The van der Waals surface area contributed by atoms with Crippen LogP contribution in [0.4, 0.5) is 10.1 Å². The highest BCUT2D eigenvalue weighted by molar-refractivity contribution is 6.52. The number of benzene rings is 3. The minimum atomic E-state index is -0.986. The minimum Gasteiger partial charge on any atom is -0.507 e. The second-order valence-electron chi connectivity index (χ2n) is 6.71. The summed E-state index contributed by atoms with van der Waals surface area (Å²) < 4.78 is 13.5. The van der Waals surface area contributed by atoms with Crippen molar-refractivity contribution < 1.29 is 19.1 Å². The summed E-state index contributed by atoms with van der Waals surface area (Å²) in [7, 11) is 0. The number of aliphatic hydroxyl groups is 1. The fraction of sp³-hybridized carbons (Fsp3) is 0.0435. The number of Topliss-reactive ketones (excluding diaryl/α,β-unsaturated/α-hetero) is 1. The zero-order chi connectivity index (χ0) is 21.4. The number of carbonyl (C=O) groups is 2. The summed E-state index contributed by atoms with van der Waals surface area (Å²) in [6, 6.07) is 17.3. The van der Waals surface area contributed by atoms with E-state index in [1.807, 2.05) is 0 Å². The molecular formula is C23H14Cl2FNO3. The molecule has 1 aliphatic rings. The van der Waals surface area contributed by atoms with Gasteiger partial charge < -0.3 is 5.11 Å². The topological polar surface area (TPSA) is 57.6 Å². The van der Waals surface area contributed by atoms with Gasteiger partial charge in [-0.25, -0.2) is 4.39 Å². The number of aliphatic hydroxyl groups excluding tert-OH is 1. The lowest BCUT2D eigenvalue weighted by molar-refractivity contribution is -0.132. The number of halogens is 3. The molecule has 3 aromatic carbocycles. The number of nitrogens with zero attached hydrogens (tertiary/aromatic N) is 1. The predicted molar refractivity (Wildman–Crippen MR) is 114 cm³/mol. The summed E-state index contributed by atoms with van der Waals surface area (Å²) in [5.74, 6) is -2.50. The van der Waals surface area contributed by atoms with Crippen LogP contribution in [0.2, 0.25) is 10.0 Å². The van der Waals surface area contributed by atoms with Gasteiger partial charge in [0.25, 0.3) is 11.7 Å². The Morgan fingerprint density at radius 1 is 0.900 bits per heavy atom. The average Bonchev–Trinajstić information content (AvgIpc) is 2.99. The first-order valence-electron chi connectivity index (χ1n) is 8.95. The Balaban J connectivity index is 1.97. The van der Waals surface area contributed by atoms with Crippen LogP contribution in [-0.4, -0.2) is 16.8 Å². The lowest BCUT2D eigenvalue weighted by Crippen LogP contribution is -2.29. The van der Waals surface area contributed by atoms with E-state index in [9.17, 15) is 19.1 Å². The van der Waals surface area contributed by atoms with Gasteiger partial charge in [0.05, 0.1) is 11.6 Å². The fourth-order valence-electron chi connectivity index (χ4n) is 3.49. The van der Waals surface area contributed by atoms with Crippen LogP contribution in [0.1, 0.15) is 17.2 Å². The molecule has 1 atom stereocenters. The highest BCUT2D eigenvalue weighted by Gasteiger charge is 2.47. The third kappa shape index (κ3) is 3.58. The van der Waals surface area contributed by atoms with E-state index in [2.05, 4.69) is 0 Å². The zero-order valence-corrected chi connectivity index (χ0v) is 16.9. The second kappa shape index (κ2) is 7.94. The quantitative estimate of drug-likeness (QED) is 0.319. The van der Waals surface area contributed by atoms with Gasteiger partial charge in [0.15, 0.2) is 0 Å². The molecule has 1 saturated heterocycles. The van der Waals surface area contributed by atoms with E-state index < -0.39 is 23.5 Å². The Hall–Kier alpha value is -3.15. The van der Waals surface area contributed by atoms with Crippen LogP contribution in [0.25, 0.3) is 5.76 Å². The number of hydrogen-bond acceptors (Lipinski definition) is 3.